The fourth-order valence-corrected chi connectivity index (χ4v) is 2.52. The minimum absolute atomic E-state index is 0.230. The standard InChI is InChI=1S/C11H13FN2O/c1-15-11-9(3-7(12)5-14-11)10-8-2-6(8)4-13-10/h3,5-6,8,10,13H,2,4H2,1H3. The van der Waals surface area contributed by atoms with Crippen LogP contribution in [0.15, 0.2) is 12.3 Å². The molecule has 1 N–H and O–H groups in total. The molecule has 1 saturated heterocycles. The summed E-state index contributed by atoms with van der Waals surface area (Å²) in [6, 6.07) is 1.76. The highest BCUT2D eigenvalue weighted by Crippen LogP contribution is 2.52. The molecule has 1 aliphatic heterocycles. The van der Waals surface area contributed by atoms with Crippen LogP contribution in [0.5, 0.6) is 5.88 Å². The van der Waals surface area contributed by atoms with Crippen LogP contribution < -0.4 is 10.1 Å². The quantitative estimate of drug-likeness (QED) is 0.800. The van der Waals surface area contributed by atoms with E-state index in [1.165, 1.54) is 18.7 Å². The van der Waals surface area contributed by atoms with Gasteiger partial charge in [0.05, 0.1) is 13.3 Å². The zero-order valence-corrected chi connectivity index (χ0v) is 8.53. The van der Waals surface area contributed by atoms with Crippen LogP contribution in [0.4, 0.5) is 4.39 Å². The fraction of sp³-hybridized carbons (Fsp3) is 0.545. The van der Waals surface area contributed by atoms with Crippen molar-refractivity contribution in [1.29, 1.82) is 0 Å². The lowest BCUT2D eigenvalue weighted by molar-refractivity contribution is 0.380. The van der Waals surface area contributed by atoms with Crippen molar-refractivity contribution in [3.05, 3.63) is 23.6 Å². The Morgan fingerprint density at radius 1 is 1.60 bits per heavy atom. The highest BCUT2D eigenvalue weighted by molar-refractivity contribution is 5.33. The number of hydrogen-bond acceptors (Lipinski definition) is 3. The van der Waals surface area contributed by atoms with E-state index in [2.05, 4.69) is 10.3 Å². The zero-order valence-electron chi connectivity index (χ0n) is 8.53. The van der Waals surface area contributed by atoms with Crippen LogP contribution in [0.3, 0.4) is 0 Å². The molecule has 1 aromatic heterocycles. The first-order chi connectivity index (χ1) is 7.29. The largest absolute Gasteiger partial charge is 0.481 e. The van der Waals surface area contributed by atoms with Gasteiger partial charge in [-0.15, -0.1) is 0 Å². The molecule has 3 nitrogen and oxygen atoms in total. The van der Waals surface area contributed by atoms with E-state index in [0.717, 1.165) is 18.0 Å². The van der Waals surface area contributed by atoms with Gasteiger partial charge in [0.1, 0.15) is 5.82 Å². The molecule has 0 radical (unpaired) electrons. The van der Waals surface area contributed by atoms with E-state index < -0.39 is 0 Å². The van der Waals surface area contributed by atoms with Crippen LogP contribution >= 0.6 is 0 Å². The summed E-state index contributed by atoms with van der Waals surface area (Å²) in [5.41, 5.74) is 0.863. The van der Waals surface area contributed by atoms with Crippen LogP contribution in [0.1, 0.15) is 18.0 Å². The van der Waals surface area contributed by atoms with Crippen LogP contribution in [-0.4, -0.2) is 18.6 Å². The predicted octanol–water partition coefficient (Wildman–Crippen LogP) is 1.51. The molecule has 4 heteroatoms. The molecule has 1 saturated carbocycles. The minimum Gasteiger partial charge on any atom is -0.481 e. The normalized spacial score (nSPS) is 32.5. The van der Waals surface area contributed by atoms with E-state index in [9.17, 15) is 4.39 Å². The Hall–Kier alpha value is -1.16. The SMILES string of the molecule is COc1ncc(F)cc1C1NCC2CC21. The molecule has 0 amide bonds. The Balaban J connectivity index is 1.98. The maximum absolute atomic E-state index is 13.1. The number of ether oxygens (including phenoxy) is 1. The summed E-state index contributed by atoms with van der Waals surface area (Å²) in [5.74, 6) is 1.68. The average Bonchev–Trinajstić information content (AvgIpc) is 2.90. The van der Waals surface area contributed by atoms with Crippen molar-refractivity contribution >= 4 is 0 Å². The molecule has 0 aromatic carbocycles. The molecule has 15 heavy (non-hydrogen) atoms. The number of piperidine rings is 1. The van der Waals surface area contributed by atoms with E-state index in [-0.39, 0.29) is 11.9 Å². The minimum atomic E-state index is -0.295. The van der Waals surface area contributed by atoms with Gasteiger partial charge in [0.15, 0.2) is 0 Å². The molecular formula is C11H13FN2O. The summed E-state index contributed by atoms with van der Waals surface area (Å²) in [6.45, 7) is 1.04. The fourth-order valence-electron chi connectivity index (χ4n) is 2.52. The molecule has 2 heterocycles. The Kier molecular flexibility index (Phi) is 1.92. The first-order valence-electron chi connectivity index (χ1n) is 5.22. The predicted molar refractivity (Wildman–Crippen MR) is 53.1 cm³/mol. The monoisotopic (exact) mass is 208 g/mol. The molecule has 0 spiro atoms. The Bertz CT molecular complexity index is 396. The Morgan fingerprint density at radius 2 is 2.47 bits per heavy atom. The highest BCUT2D eigenvalue weighted by atomic mass is 19.1. The van der Waals surface area contributed by atoms with Crippen molar-refractivity contribution in [2.75, 3.05) is 13.7 Å². The second-order valence-corrected chi connectivity index (χ2v) is 4.30. The molecular weight excluding hydrogens is 195 g/mol. The maximum Gasteiger partial charge on any atom is 0.218 e. The number of pyridine rings is 1. The van der Waals surface area contributed by atoms with Crippen LogP contribution in [0.25, 0.3) is 0 Å². The van der Waals surface area contributed by atoms with Crippen molar-refractivity contribution in [2.45, 2.75) is 12.5 Å². The van der Waals surface area contributed by atoms with Gasteiger partial charge in [-0.2, -0.15) is 0 Å². The number of methoxy groups -OCH3 is 1. The van der Waals surface area contributed by atoms with Gasteiger partial charge in [0.2, 0.25) is 5.88 Å². The van der Waals surface area contributed by atoms with Gasteiger partial charge in [-0.05, 0) is 30.9 Å². The van der Waals surface area contributed by atoms with Gasteiger partial charge < -0.3 is 10.1 Å². The molecule has 3 unspecified atom stereocenters. The van der Waals surface area contributed by atoms with E-state index in [4.69, 9.17) is 4.74 Å². The van der Waals surface area contributed by atoms with Gasteiger partial charge in [-0.25, -0.2) is 9.37 Å². The third-order valence-electron chi connectivity index (χ3n) is 3.38. The number of aromatic nitrogens is 1. The molecule has 3 atom stereocenters. The summed E-state index contributed by atoms with van der Waals surface area (Å²) in [6.07, 6.45) is 2.44. The number of nitrogens with zero attached hydrogens (tertiary/aromatic N) is 1. The topological polar surface area (TPSA) is 34.1 Å². The van der Waals surface area contributed by atoms with Crippen molar-refractivity contribution in [2.24, 2.45) is 11.8 Å². The van der Waals surface area contributed by atoms with E-state index in [1.807, 2.05) is 0 Å². The smallest absolute Gasteiger partial charge is 0.218 e. The van der Waals surface area contributed by atoms with Gasteiger partial charge >= 0.3 is 0 Å². The lowest BCUT2D eigenvalue weighted by atomic mass is 10.1. The third kappa shape index (κ3) is 1.40. The first kappa shape index (κ1) is 9.09. The summed E-state index contributed by atoms with van der Waals surface area (Å²) in [4.78, 5) is 3.96. The summed E-state index contributed by atoms with van der Waals surface area (Å²) in [5, 5.41) is 3.39. The number of hydrogen-bond donors (Lipinski definition) is 1. The summed E-state index contributed by atoms with van der Waals surface area (Å²) >= 11 is 0. The molecule has 1 aromatic rings. The zero-order chi connectivity index (χ0) is 10.4. The molecule has 3 rings (SSSR count). The van der Waals surface area contributed by atoms with Crippen molar-refractivity contribution in [1.82, 2.24) is 10.3 Å². The Morgan fingerprint density at radius 3 is 3.07 bits per heavy atom. The third-order valence-corrected chi connectivity index (χ3v) is 3.38. The van der Waals surface area contributed by atoms with E-state index in [0.29, 0.717) is 11.8 Å². The molecule has 0 bridgehead atoms. The van der Waals surface area contributed by atoms with Gasteiger partial charge in [0, 0.05) is 11.6 Å². The number of halogens is 1. The number of nitrogens with one attached hydrogen (secondary N) is 1. The Labute approximate surface area is 87.7 Å². The maximum atomic E-state index is 13.1. The van der Waals surface area contributed by atoms with Crippen molar-refractivity contribution in [3.63, 3.8) is 0 Å². The van der Waals surface area contributed by atoms with Crippen LogP contribution in [-0.2, 0) is 0 Å². The molecule has 2 fully saturated rings. The van der Waals surface area contributed by atoms with Crippen molar-refractivity contribution < 1.29 is 9.13 Å². The first-order valence-corrected chi connectivity index (χ1v) is 5.22. The van der Waals surface area contributed by atoms with Crippen LogP contribution in [0, 0.1) is 17.7 Å². The summed E-state index contributed by atoms with van der Waals surface area (Å²) < 4.78 is 18.3. The van der Waals surface area contributed by atoms with Gasteiger partial charge in [-0.3, -0.25) is 0 Å². The summed E-state index contributed by atoms with van der Waals surface area (Å²) in [7, 11) is 1.57. The van der Waals surface area contributed by atoms with E-state index in [1.54, 1.807) is 7.11 Å². The second kappa shape index (κ2) is 3.17. The molecule has 1 aliphatic carbocycles. The average molecular weight is 208 g/mol. The lowest BCUT2D eigenvalue weighted by Crippen LogP contribution is -2.19. The second-order valence-electron chi connectivity index (χ2n) is 4.30. The number of fused-ring (bicyclic) bond motifs is 1. The van der Waals surface area contributed by atoms with Gasteiger partial charge in [0.25, 0.3) is 0 Å². The lowest BCUT2D eigenvalue weighted by Gasteiger charge is -2.16. The van der Waals surface area contributed by atoms with Crippen LogP contribution in [0.2, 0.25) is 0 Å². The molecule has 80 valence electrons. The highest BCUT2D eigenvalue weighted by Gasteiger charge is 2.49. The van der Waals surface area contributed by atoms with Gasteiger partial charge in [-0.1, -0.05) is 0 Å². The number of rotatable bonds is 2. The molecule has 2 aliphatic rings. The van der Waals surface area contributed by atoms with E-state index >= 15 is 0 Å². The van der Waals surface area contributed by atoms with Crippen molar-refractivity contribution in [3.8, 4) is 5.88 Å².